The molecule has 3 rings (SSSR count). The van der Waals surface area contributed by atoms with Crippen molar-refractivity contribution in [3.63, 3.8) is 0 Å². The Morgan fingerprint density at radius 1 is 1.21 bits per heavy atom. The van der Waals surface area contributed by atoms with Crippen molar-refractivity contribution < 1.29 is 9.18 Å². The third-order valence-electron chi connectivity index (χ3n) is 4.75. The molecule has 0 bridgehead atoms. The Hall–Kier alpha value is -3.28. The molecule has 1 atom stereocenters. The molecule has 0 fully saturated rings. The van der Waals surface area contributed by atoms with Crippen molar-refractivity contribution in [1.29, 1.82) is 0 Å². The first-order valence-electron chi connectivity index (χ1n) is 9.13. The molecular formula is C22H22FN3O2. The van der Waals surface area contributed by atoms with Crippen LogP contribution in [-0.4, -0.2) is 15.5 Å². The molecule has 0 radical (unpaired) electrons. The summed E-state index contributed by atoms with van der Waals surface area (Å²) in [6.07, 6.45) is 3.69. The van der Waals surface area contributed by atoms with E-state index < -0.39 is 6.04 Å². The predicted octanol–water partition coefficient (Wildman–Crippen LogP) is 4.12. The van der Waals surface area contributed by atoms with Crippen molar-refractivity contribution in [3.05, 3.63) is 82.3 Å². The summed E-state index contributed by atoms with van der Waals surface area (Å²) in [5, 5.41) is 2.82. The zero-order valence-electron chi connectivity index (χ0n) is 16.1. The molecule has 0 saturated heterocycles. The second-order valence-electron chi connectivity index (χ2n) is 6.70. The van der Waals surface area contributed by atoms with Gasteiger partial charge in [-0.05, 0) is 61.2 Å². The zero-order valence-corrected chi connectivity index (χ0v) is 16.1. The number of benzene rings is 2. The number of rotatable bonds is 5. The molecule has 3 aromatic rings. The number of aromatic nitrogens is 2. The summed E-state index contributed by atoms with van der Waals surface area (Å²) in [5.74, 6) is -0.657. The minimum Gasteiger partial charge on any atom is -0.324 e. The van der Waals surface area contributed by atoms with Gasteiger partial charge in [-0.15, -0.1) is 0 Å². The highest BCUT2D eigenvalue weighted by Crippen LogP contribution is 2.19. The van der Waals surface area contributed by atoms with Crippen LogP contribution < -0.4 is 10.9 Å². The molecule has 144 valence electrons. The highest BCUT2D eigenvalue weighted by molar-refractivity contribution is 5.93. The summed E-state index contributed by atoms with van der Waals surface area (Å²) >= 11 is 0. The van der Waals surface area contributed by atoms with Crippen LogP contribution in [0.25, 0.3) is 11.1 Å². The van der Waals surface area contributed by atoms with E-state index in [1.165, 1.54) is 34.8 Å². The quantitative estimate of drug-likeness (QED) is 0.725. The Labute approximate surface area is 162 Å². The number of nitrogens with one attached hydrogen (secondary N) is 1. The molecule has 0 saturated carbocycles. The fraction of sp³-hybridized carbons (Fsp3) is 0.227. The summed E-state index contributed by atoms with van der Waals surface area (Å²) in [6.45, 7) is 5.33. The fourth-order valence-electron chi connectivity index (χ4n) is 2.91. The molecule has 1 heterocycles. The van der Waals surface area contributed by atoms with Gasteiger partial charge in [0.25, 0.3) is 5.56 Å². The topological polar surface area (TPSA) is 64.0 Å². The maximum atomic E-state index is 13.5. The molecule has 28 heavy (non-hydrogen) atoms. The lowest BCUT2D eigenvalue weighted by molar-refractivity contribution is -0.118. The van der Waals surface area contributed by atoms with E-state index in [1.807, 2.05) is 24.3 Å². The minimum absolute atomic E-state index is 0.317. The second-order valence-corrected chi connectivity index (χ2v) is 6.70. The maximum absolute atomic E-state index is 13.5. The van der Waals surface area contributed by atoms with Crippen molar-refractivity contribution >= 4 is 11.6 Å². The standard InChI is InChI=1S/C22H22FN3O2/c1-4-16-5-8-18(9-6-16)25-21(27)15(3)26-13-24-12-19(22(26)28)17-7-10-20(23)14(2)11-17/h5-13,15H,4H2,1-3H3,(H,25,27). The summed E-state index contributed by atoms with van der Waals surface area (Å²) in [5.41, 5.74) is 2.80. The molecule has 0 spiro atoms. The predicted molar refractivity (Wildman–Crippen MR) is 108 cm³/mol. The Kier molecular flexibility index (Phi) is 5.68. The minimum atomic E-state index is -0.757. The average molecular weight is 379 g/mol. The summed E-state index contributed by atoms with van der Waals surface area (Å²) in [4.78, 5) is 29.6. The molecule has 0 aliphatic heterocycles. The van der Waals surface area contributed by atoms with Crippen LogP contribution in [-0.2, 0) is 11.2 Å². The number of nitrogens with zero attached hydrogens (tertiary/aromatic N) is 2. The van der Waals surface area contributed by atoms with Crippen LogP contribution in [0.5, 0.6) is 0 Å². The Balaban J connectivity index is 1.87. The molecule has 1 unspecified atom stereocenters. The number of hydrogen-bond acceptors (Lipinski definition) is 3. The van der Waals surface area contributed by atoms with Gasteiger partial charge in [0, 0.05) is 11.9 Å². The fourth-order valence-corrected chi connectivity index (χ4v) is 2.91. The molecule has 6 heteroatoms. The van der Waals surface area contributed by atoms with E-state index in [9.17, 15) is 14.0 Å². The number of anilines is 1. The van der Waals surface area contributed by atoms with Crippen LogP contribution >= 0.6 is 0 Å². The number of amides is 1. The first-order valence-corrected chi connectivity index (χ1v) is 9.13. The highest BCUT2D eigenvalue weighted by Gasteiger charge is 2.18. The van der Waals surface area contributed by atoms with Gasteiger partial charge < -0.3 is 5.32 Å². The van der Waals surface area contributed by atoms with Gasteiger partial charge in [-0.1, -0.05) is 25.1 Å². The van der Waals surface area contributed by atoms with Gasteiger partial charge >= 0.3 is 0 Å². The molecule has 2 aromatic carbocycles. The lowest BCUT2D eigenvalue weighted by atomic mass is 10.1. The highest BCUT2D eigenvalue weighted by atomic mass is 19.1. The van der Waals surface area contributed by atoms with E-state index in [4.69, 9.17) is 0 Å². The lowest BCUT2D eigenvalue weighted by Gasteiger charge is -2.16. The van der Waals surface area contributed by atoms with Gasteiger partial charge in [0.2, 0.25) is 5.91 Å². The molecule has 1 amide bonds. The Bertz CT molecular complexity index is 1060. The molecule has 0 aliphatic carbocycles. The van der Waals surface area contributed by atoms with Crippen molar-refractivity contribution in [3.8, 4) is 11.1 Å². The van der Waals surface area contributed by atoms with Crippen LogP contribution in [0.1, 0.15) is 31.0 Å². The van der Waals surface area contributed by atoms with Crippen molar-refractivity contribution in [2.24, 2.45) is 0 Å². The first kappa shape index (κ1) is 19.5. The Morgan fingerprint density at radius 3 is 2.57 bits per heavy atom. The molecule has 5 nitrogen and oxygen atoms in total. The van der Waals surface area contributed by atoms with E-state index >= 15 is 0 Å². The van der Waals surface area contributed by atoms with Crippen LogP contribution in [0.3, 0.4) is 0 Å². The van der Waals surface area contributed by atoms with Gasteiger partial charge in [-0.3, -0.25) is 14.2 Å². The Morgan fingerprint density at radius 2 is 1.93 bits per heavy atom. The van der Waals surface area contributed by atoms with Crippen molar-refractivity contribution in [1.82, 2.24) is 9.55 Å². The van der Waals surface area contributed by atoms with E-state index in [1.54, 1.807) is 19.9 Å². The van der Waals surface area contributed by atoms with E-state index in [0.717, 1.165) is 6.42 Å². The number of hydrogen-bond donors (Lipinski definition) is 1. The number of aryl methyl sites for hydroxylation is 2. The van der Waals surface area contributed by atoms with Gasteiger partial charge in [-0.25, -0.2) is 9.37 Å². The molecule has 1 N–H and O–H groups in total. The zero-order chi connectivity index (χ0) is 20.3. The third-order valence-corrected chi connectivity index (χ3v) is 4.75. The van der Waals surface area contributed by atoms with Gasteiger partial charge in [0.15, 0.2) is 0 Å². The summed E-state index contributed by atoms with van der Waals surface area (Å²) < 4.78 is 14.8. The first-order chi connectivity index (χ1) is 13.4. The number of carbonyl (C=O) groups is 1. The smallest absolute Gasteiger partial charge is 0.261 e. The summed E-state index contributed by atoms with van der Waals surface area (Å²) in [7, 11) is 0. The average Bonchev–Trinajstić information content (AvgIpc) is 2.70. The second kappa shape index (κ2) is 8.17. The molecule has 1 aromatic heterocycles. The van der Waals surface area contributed by atoms with Crippen LogP contribution in [0.4, 0.5) is 10.1 Å². The van der Waals surface area contributed by atoms with Crippen LogP contribution in [0.2, 0.25) is 0 Å². The SMILES string of the molecule is CCc1ccc(NC(=O)C(C)n2cncc(-c3ccc(F)c(C)c3)c2=O)cc1. The van der Waals surface area contributed by atoms with Crippen LogP contribution in [0, 0.1) is 12.7 Å². The van der Waals surface area contributed by atoms with Crippen LogP contribution in [0.15, 0.2) is 59.8 Å². The van der Waals surface area contributed by atoms with E-state index in [0.29, 0.717) is 22.4 Å². The maximum Gasteiger partial charge on any atom is 0.261 e. The normalized spacial score (nSPS) is 11.9. The number of halogens is 1. The van der Waals surface area contributed by atoms with Gasteiger partial charge in [-0.2, -0.15) is 0 Å². The summed E-state index contributed by atoms with van der Waals surface area (Å²) in [6, 6.07) is 11.3. The van der Waals surface area contributed by atoms with Crippen molar-refractivity contribution in [2.75, 3.05) is 5.32 Å². The monoisotopic (exact) mass is 379 g/mol. The number of carbonyl (C=O) groups excluding carboxylic acids is 1. The largest absolute Gasteiger partial charge is 0.324 e. The van der Waals surface area contributed by atoms with E-state index in [-0.39, 0.29) is 17.3 Å². The van der Waals surface area contributed by atoms with E-state index in [2.05, 4.69) is 17.2 Å². The van der Waals surface area contributed by atoms with Crippen molar-refractivity contribution in [2.45, 2.75) is 33.2 Å². The molecular weight excluding hydrogens is 357 g/mol. The molecule has 0 aliphatic rings. The lowest BCUT2D eigenvalue weighted by Crippen LogP contribution is -2.32. The third kappa shape index (κ3) is 4.01. The van der Waals surface area contributed by atoms with Gasteiger partial charge in [0.05, 0.1) is 11.9 Å². The van der Waals surface area contributed by atoms with Gasteiger partial charge in [0.1, 0.15) is 11.9 Å².